The lowest BCUT2D eigenvalue weighted by molar-refractivity contribution is 0.290. The fourth-order valence-corrected chi connectivity index (χ4v) is 3.37. The van der Waals surface area contributed by atoms with Gasteiger partial charge in [0.1, 0.15) is 12.3 Å². The van der Waals surface area contributed by atoms with Gasteiger partial charge < -0.3 is 9.72 Å². The minimum atomic E-state index is -0.399. The van der Waals surface area contributed by atoms with Gasteiger partial charge in [-0.3, -0.25) is 4.98 Å². The first kappa shape index (κ1) is 19.6. The van der Waals surface area contributed by atoms with Crippen LogP contribution >= 0.6 is 0 Å². The summed E-state index contributed by atoms with van der Waals surface area (Å²) >= 11 is 0. The predicted octanol–water partition coefficient (Wildman–Crippen LogP) is 3.96. The lowest BCUT2D eigenvalue weighted by Crippen LogP contribution is -1.99. The maximum Gasteiger partial charge on any atom is 0.204 e. The highest BCUT2D eigenvalue weighted by Gasteiger charge is 2.14. The average molecular weight is 427 g/mol. The van der Waals surface area contributed by atoms with Gasteiger partial charge in [-0.25, -0.2) is 9.37 Å². The molecular formula is C23H18FN7O. The summed E-state index contributed by atoms with van der Waals surface area (Å²) in [5.41, 5.74) is 4.85. The van der Waals surface area contributed by atoms with E-state index in [1.165, 1.54) is 6.07 Å². The van der Waals surface area contributed by atoms with Crippen LogP contribution in [0.5, 0.6) is 5.75 Å². The number of ether oxygens (including phenoxy) is 1. The summed E-state index contributed by atoms with van der Waals surface area (Å²) in [6.07, 6.45) is 3.79. The number of nitrogens with zero attached hydrogens (tertiary/aromatic N) is 5. The zero-order valence-corrected chi connectivity index (χ0v) is 16.9. The van der Waals surface area contributed by atoms with E-state index in [0.29, 0.717) is 30.2 Å². The van der Waals surface area contributed by atoms with E-state index in [1.807, 2.05) is 36.4 Å². The molecular weight excluding hydrogens is 409 g/mol. The molecule has 0 aliphatic heterocycles. The van der Waals surface area contributed by atoms with Crippen molar-refractivity contribution >= 4 is 0 Å². The largest absolute Gasteiger partial charge is 0.486 e. The Labute approximate surface area is 182 Å². The van der Waals surface area contributed by atoms with Crippen LogP contribution in [0, 0.1) is 5.82 Å². The summed E-state index contributed by atoms with van der Waals surface area (Å²) in [7, 11) is 0. The van der Waals surface area contributed by atoms with Crippen molar-refractivity contribution in [2.45, 2.75) is 13.0 Å². The summed E-state index contributed by atoms with van der Waals surface area (Å²) in [6.45, 7) is 0.295. The van der Waals surface area contributed by atoms with Crippen molar-refractivity contribution < 1.29 is 9.13 Å². The third kappa shape index (κ3) is 4.22. The molecule has 3 heterocycles. The molecule has 0 aliphatic rings. The number of aromatic nitrogens is 7. The minimum Gasteiger partial charge on any atom is -0.486 e. The van der Waals surface area contributed by atoms with Crippen molar-refractivity contribution in [1.82, 2.24) is 35.6 Å². The van der Waals surface area contributed by atoms with Crippen LogP contribution in [-0.4, -0.2) is 35.6 Å². The van der Waals surface area contributed by atoms with Crippen molar-refractivity contribution in [2.75, 3.05) is 0 Å². The molecule has 5 rings (SSSR count). The number of benzene rings is 2. The fourth-order valence-electron chi connectivity index (χ4n) is 3.37. The van der Waals surface area contributed by atoms with Gasteiger partial charge in [-0.05, 0) is 40.6 Å². The second kappa shape index (κ2) is 8.76. The predicted molar refractivity (Wildman–Crippen MR) is 115 cm³/mol. The molecule has 0 unspecified atom stereocenters. The van der Waals surface area contributed by atoms with Crippen LogP contribution in [0.25, 0.3) is 22.8 Å². The normalized spacial score (nSPS) is 10.9. The molecule has 0 radical (unpaired) electrons. The van der Waals surface area contributed by atoms with Gasteiger partial charge in [0.05, 0.1) is 12.0 Å². The SMILES string of the molecule is Fc1ccc(Cc2[nH]cnc2-c2cc(-c3nn[nH]n3)ccn2)cc1OCc1ccccc1. The van der Waals surface area contributed by atoms with Crippen molar-refractivity contribution in [1.29, 1.82) is 0 Å². The molecule has 0 aliphatic carbocycles. The number of rotatable bonds is 7. The summed E-state index contributed by atoms with van der Waals surface area (Å²) < 4.78 is 20.0. The molecule has 2 aromatic carbocycles. The number of tetrazole rings is 1. The maximum atomic E-state index is 14.3. The van der Waals surface area contributed by atoms with Gasteiger partial charge >= 0.3 is 0 Å². The standard InChI is InChI=1S/C23H18FN7O/c24-18-7-6-16(11-21(18)32-13-15-4-2-1-3-5-15)10-19-22(27-14-26-19)20-12-17(8-9-25-20)23-28-30-31-29-23/h1-9,11-12,14H,10,13H2,(H,26,27)(H,28,29,30,31). The third-order valence-electron chi connectivity index (χ3n) is 4.94. The van der Waals surface area contributed by atoms with Crippen molar-refractivity contribution in [3.63, 3.8) is 0 Å². The fraction of sp³-hybridized carbons (Fsp3) is 0.0870. The van der Waals surface area contributed by atoms with Gasteiger partial charge in [0.15, 0.2) is 11.6 Å². The maximum absolute atomic E-state index is 14.3. The summed E-state index contributed by atoms with van der Waals surface area (Å²) in [5.74, 6) is 0.290. The number of pyridine rings is 1. The van der Waals surface area contributed by atoms with Gasteiger partial charge in [0.2, 0.25) is 5.82 Å². The highest BCUT2D eigenvalue weighted by molar-refractivity contribution is 5.65. The molecule has 0 fully saturated rings. The number of nitrogens with one attached hydrogen (secondary N) is 2. The lowest BCUT2D eigenvalue weighted by Gasteiger charge is -2.10. The molecule has 158 valence electrons. The van der Waals surface area contributed by atoms with E-state index >= 15 is 0 Å². The highest BCUT2D eigenvalue weighted by Crippen LogP contribution is 2.26. The second-order valence-corrected chi connectivity index (χ2v) is 7.11. The van der Waals surface area contributed by atoms with Crippen LogP contribution in [0.1, 0.15) is 16.8 Å². The van der Waals surface area contributed by atoms with E-state index in [4.69, 9.17) is 4.74 Å². The molecule has 9 heteroatoms. The van der Waals surface area contributed by atoms with Crippen LogP contribution in [0.4, 0.5) is 4.39 Å². The van der Waals surface area contributed by atoms with Gasteiger partial charge in [-0.15, -0.1) is 10.2 Å². The van der Waals surface area contributed by atoms with E-state index in [1.54, 1.807) is 30.7 Å². The Bertz CT molecular complexity index is 1320. The van der Waals surface area contributed by atoms with Crippen LogP contribution in [0.2, 0.25) is 0 Å². The Morgan fingerprint density at radius 1 is 0.938 bits per heavy atom. The molecule has 0 saturated heterocycles. The lowest BCUT2D eigenvalue weighted by atomic mass is 10.1. The molecule has 5 aromatic rings. The first-order chi connectivity index (χ1) is 15.8. The van der Waals surface area contributed by atoms with Gasteiger partial charge in [0.25, 0.3) is 0 Å². The van der Waals surface area contributed by atoms with E-state index in [2.05, 4.69) is 35.6 Å². The molecule has 0 saturated carbocycles. The average Bonchev–Trinajstić information content (AvgIpc) is 3.53. The highest BCUT2D eigenvalue weighted by atomic mass is 19.1. The number of aromatic amines is 2. The molecule has 3 aromatic heterocycles. The number of hydrogen-bond donors (Lipinski definition) is 2. The molecule has 2 N–H and O–H groups in total. The second-order valence-electron chi connectivity index (χ2n) is 7.11. The van der Waals surface area contributed by atoms with E-state index in [0.717, 1.165) is 22.4 Å². The van der Waals surface area contributed by atoms with Gasteiger partial charge in [-0.2, -0.15) is 5.21 Å². The van der Waals surface area contributed by atoms with Crippen LogP contribution in [0.3, 0.4) is 0 Å². The molecule has 32 heavy (non-hydrogen) atoms. The first-order valence-corrected chi connectivity index (χ1v) is 9.94. The summed E-state index contributed by atoms with van der Waals surface area (Å²) in [4.78, 5) is 12.0. The Morgan fingerprint density at radius 3 is 2.69 bits per heavy atom. The van der Waals surface area contributed by atoms with Crippen LogP contribution < -0.4 is 4.74 Å². The van der Waals surface area contributed by atoms with Crippen molar-refractivity contribution in [3.05, 3.63) is 95.8 Å². The Hall–Kier alpha value is -4.40. The number of halogens is 1. The number of hydrogen-bond acceptors (Lipinski definition) is 6. The minimum absolute atomic E-state index is 0.213. The Morgan fingerprint density at radius 2 is 1.84 bits per heavy atom. The van der Waals surface area contributed by atoms with Gasteiger partial charge in [-0.1, -0.05) is 36.4 Å². The summed E-state index contributed by atoms with van der Waals surface area (Å²) in [5, 5.41) is 14.0. The van der Waals surface area contributed by atoms with Crippen molar-refractivity contribution in [3.8, 4) is 28.5 Å². The Kier molecular flexibility index (Phi) is 5.36. The molecule has 0 atom stereocenters. The third-order valence-corrected chi connectivity index (χ3v) is 4.94. The molecule has 0 bridgehead atoms. The quantitative estimate of drug-likeness (QED) is 0.407. The zero-order chi connectivity index (χ0) is 21.8. The smallest absolute Gasteiger partial charge is 0.204 e. The van der Waals surface area contributed by atoms with E-state index < -0.39 is 5.82 Å². The first-order valence-electron chi connectivity index (χ1n) is 9.94. The van der Waals surface area contributed by atoms with Crippen LogP contribution in [-0.2, 0) is 13.0 Å². The zero-order valence-electron chi connectivity index (χ0n) is 16.9. The number of imidazole rings is 1. The molecule has 8 nitrogen and oxygen atoms in total. The topological polar surface area (TPSA) is 105 Å². The summed E-state index contributed by atoms with van der Waals surface area (Å²) in [6, 6.07) is 18.2. The Balaban J connectivity index is 1.37. The molecule has 0 amide bonds. The van der Waals surface area contributed by atoms with Gasteiger partial charge in [0, 0.05) is 23.9 Å². The number of H-pyrrole nitrogens is 2. The van der Waals surface area contributed by atoms with E-state index in [-0.39, 0.29) is 5.75 Å². The van der Waals surface area contributed by atoms with E-state index in [9.17, 15) is 4.39 Å². The van der Waals surface area contributed by atoms with Crippen LogP contribution in [0.15, 0.2) is 73.2 Å². The molecule has 0 spiro atoms. The monoisotopic (exact) mass is 427 g/mol. The van der Waals surface area contributed by atoms with Crippen molar-refractivity contribution in [2.24, 2.45) is 0 Å².